The number of benzene rings is 3. The van der Waals surface area contributed by atoms with Crippen LogP contribution < -0.4 is 14.2 Å². The third-order valence-electron chi connectivity index (χ3n) is 5.75. The molecule has 0 saturated carbocycles. The van der Waals surface area contributed by atoms with Crippen molar-refractivity contribution >= 4 is 61.7 Å². The van der Waals surface area contributed by atoms with Crippen molar-refractivity contribution in [1.82, 2.24) is 4.98 Å². The lowest BCUT2D eigenvalue weighted by molar-refractivity contribution is -0.526. The molecular formula is C25H24ClN4O4S2+. The number of morpholine rings is 1. The van der Waals surface area contributed by atoms with Gasteiger partial charge in [-0.1, -0.05) is 41.9 Å². The number of rotatable bonds is 7. The van der Waals surface area contributed by atoms with E-state index < -0.39 is 10.0 Å². The van der Waals surface area contributed by atoms with Gasteiger partial charge in [-0.2, -0.15) is 8.42 Å². The van der Waals surface area contributed by atoms with E-state index in [0.717, 1.165) is 17.4 Å². The Morgan fingerprint density at radius 1 is 1.06 bits per heavy atom. The fraction of sp³-hybridized carbons (Fsp3) is 0.200. The SMILES string of the molecule is O=C(CSc1[nH]c2ccccc2[n+]1S(=O)(=O)c1ccccc1)Nc1cc(Cl)ccc1N1CCOCC1. The molecular weight excluding hydrogens is 520 g/mol. The van der Waals surface area contributed by atoms with Crippen LogP contribution in [0.4, 0.5) is 11.4 Å². The Morgan fingerprint density at radius 2 is 1.78 bits per heavy atom. The highest BCUT2D eigenvalue weighted by Gasteiger charge is 2.32. The number of ether oxygens (including phenoxy) is 1. The molecule has 1 aliphatic rings. The van der Waals surface area contributed by atoms with Crippen molar-refractivity contribution in [2.24, 2.45) is 0 Å². The van der Waals surface area contributed by atoms with E-state index >= 15 is 0 Å². The second-order valence-electron chi connectivity index (χ2n) is 8.13. The smallest absolute Gasteiger partial charge is 0.336 e. The highest BCUT2D eigenvalue weighted by Crippen LogP contribution is 2.30. The molecule has 0 bridgehead atoms. The van der Waals surface area contributed by atoms with Crippen LogP contribution in [0.15, 0.2) is 82.8 Å². The summed E-state index contributed by atoms with van der Waals surface area (Å²) < 4.78 is 33.7. The largest absolute Gasteiger partial charge is 0.378 e. The van der Waals surface area contributed by atoms with Crippen molar-refractivity contribution in [3.8, 4) is 0 Å². The third-order valence-corrected chi connectivity index (χ3v) is 8.80. The summed E-state index contributed by atoms with van der Waals surface area (Å²) in [6, 6.07) is 20.8. The van der Waals surface area contributed by atoms with Crippen molar-refractivity contribution in [1.29, 1.82) is 0 Å². The molecule has 4 aromatic rings. The number of anilines is 2. The summed E-state index contributed by atoms with van der Waals surface area (Å²) in [7, 11) is -3.89. The van der Waals surface area contributed by atoms with Crippen LogP contribution >= 0.6 is 23.4 Å². The first-order valence-corrected chi connectivity index (χ1v) is 14.1. The van der Waals surface area contributed by atoms with E-state index in [1.54, 1.807) is 60.7 Å². The molecule has 2 N–H and O–H groups in total. The highest BCUT2D eigenvalue weighted by atomic mass is 35.5. The number of halogens is 1. The molecule has 1 fully saturated rings. The Bertz CT molecular complexity index is 1500. The van der Waals surface area contributed by atoms with E-state index in [0.29, 0.717) is 53.2 Å². The topological polar surface area (TPSA) is 95.4 Å². The number of imidazole rings is 1. The minimum absolute atomic E-state index is 0.00774. The summed E-state index contributed by atoms with van der Waals surface area (Å²) in [5.41, 5.74) is 2.64. The molecule has 0 aliphatic carbocycles. The minimum atomic E-state index is -3.89. The molecule has 36 heavy (non-hydrogen) atoms. The molecule has 2 heterocycles. The number of nitrogens with zero attached hydrogens (tertiary/aromatic N) is 2. The molecule has 0 radical (unpaired) electrons. The zero-order chi connectivity index (χ0) is 25.1. The number of nitrogens with one attached hydrogen (secondary N) is 2. The number of H-pyrrole nitrogens is 1. The molecule has 0 spiro atoms. The van der Waals surface area contributed by atoms with Gasteiger partial charge in [0, 0.05) is 18.1 Å². The third kappa shape index (κ3) is 5.08. The summed E-state index contributed by atoms with van der Waals surface area (Å²) in [5.74, 6) is -0.286. The molecule has 3 aromatic carbocycles. The van der Waals surface area contributed by atoms with Crippen LogP contribution in [-0.4, -0.2) is 51.4 Å². The zero-order valence-electron chi connectivity index (χ0n) is 19.2. The number of fused-ring (bicyclic) bond motifs is 1. The number of carbonyl (C=O) groups excluding carboxylic acids is 1. The van der Waals surface area contributed by atoms with Crippen molar-refractivity contribution in [2.45, 2.75) is 10.1 Å². The second-order valence-corrected chi connectivity index (χ2v) is 11.3. The summed E-state index contributed by atoms with van der Waals surface area (Å²) >= 11 is 7.33. The van der Waals surface area contributed by atoms with Gasteiger partial charge >= 0.3 is 15.2 Å². The van der Waals surface area contributed by atoms with Crippen LogP contribution in [0.5, 0.6) is 0 Å². The van der Waals surface area contributed by atoms with Crippen LogP contribution in [0.25, 0.3) is 11.0 Å². The van der Waals surface area contributed by atoms with Gasteiger partial charge < -0.3 is 15.0 Å². The lowest BCUT2D eigenvalue weighted by Crippen LogP contribution is -2.44. The van der Waals surface area contributed by atoms with Gasteiger partial charge in [0.1, 0.15) is 4.90 Å². The van der Waals surface area contributed by atoms with Crippen LogP contribution in [-0.2, 0) is 19.6 Å². The van der Waals surface area contributed by atoms with E-state index in [1.165, 1.54) is 3.97 Å². The van der Waals surface area contributed by atoms with Gasteiger partial charge in [-0.05, 0) is 54.2 Å². The minimum Gasteiger partial charge on any atom is -0.378 e. The maximum atomic E-state index is 13.5. The highest BCUT2D eigenvalue weighted by molar-refractivity contribution is 8.00. The Morgan fingerprint density at radius 3 is 2.56 bits per heavy atom. The van der Waals surface area contributed by atoms with Gasteiger partial charge in [-0.3, -0.25) is 4.79 Å². The van der Waals surface area contributed by atoms with Crippen LogP contribution in [0.3, 0.4) is 0 Å². The van der Waals surface area contributed by atoms with Crippen molar-refractivity contribution in [3.05, 3.63) is 77.8 Å². The normalized spacial score (nSPS) is 14.2. The summed E-state index contributed by atoms with van der Waals surface area (Å²) in [6.45, 7) is 2.65. The molecule has 1 aliphatic heterocycles. The van der Waals surface area contributed by atoms with Gasteiger partial charge in [-0.15, -0.1) is 3.97 Å². The molecule has 1 saturated heterocycles. The molecule has 0 unspecified atom stereocenters. The van der Waals surface area contributed by atoms with E-state index in [4.69, 9.17) is 16.3 Å². The first-order chi connectivity index (χ1) is 17.4. The number of aromatic nitrogens is 2. The Kier molecular flexibility index (Phi) is 7.20. The van der Waals surface area contributed by atoms with Gasteiger partial charge in [-0.25, -0.2) is 4.98 Å². The van der Waals surface area contributed by atoms with E-state index in [1.807, 2.05) is 12.1 Å². The summed E-state index contributed by atoms with van der Waals surface area (Å²) in [5, 5.41) is 3.80. The second kappa shape index (κ2) is 10.5. The van der Waals surface area contributed by atoms with E-state index in [2.05, 4.69) is 15.2 Å². The Labute approximate surface area is 218 Å². The average molecular weight is 544 g/mol. The molecule has 1 amide bonds. The molecule has 11 heteroatoms. The van der Waals surface area contributed by atoms with E-state index in [9.17, 15) is 13.2 Å². The van der Waals surface area contributed by atoms with Crippen molar-refractivity contribution in [3.63, 3.8) is 0 Å². The first-order valence-electron chi connectivity index (χ1n) is 11.3. The first kappa shape index (κ1) is 24.6. The van der Waals surface area contributed by atoms with Crippen LogP contribution in [0, 0.1) is 0 Å². The molecule has 1 aromatic heterocycles. The monoisotopic (exact) mass is 543 g/mol. The number of amides is 1. The van der Waals surface area contributed by atoms with Crippen LogP contribution in [0.1, 0.15) is 0 Å². The number of thioether (sulfide) groups is 1. The maximum Gasteiger partial charge on any atom is 0.336 e. The number of hydrogen-bond donors (Lipinski definition) is 2. The molecule has 5 rings (SSSR count). The predicted octanol–water partition coefficient (Wildman–Crippen LogP) is 3.91. The number of carbonyl (C=O) groups is 1. The number of hydrogen-bond acceptors (Lipinski definition) is 6. The Balaban J connectivity index is 1.40. The number of aromatic amines is 1. The van der Waals surface area contributed by atoms with Gasteiger partial charge in [0.2, 0.25) is 5.91 Å². The fourth-order valence-corrected chi connectivity index (χ4v) is 6.83. The lowest BCUT2D eigenvalue weighted by Gasteiger charge is -2.30. The quantitative estimate of drug-likeness (QED) is 0.271. The maximum absolute atomic E-state index is 13.5. The fourth-order valence-electron chi connectivity index (χ4n) is 4.07. The van der Waals surface area contributed by atoms with Gasteiger partial charge in [0.05, 0.1) is 30.3 Å². The lowest BCUT2D eigenvalue weighted by atomic mass is 10.2. The number of para-hydroxylation sites is 2. The summed E-state index contributed by atoms with van der Waals surface area (Å²) in [6.07, 6.45) is 0. The standard InChI is InChI=1S/C25H23ClN4O4S2/c26-18-10-11-22(29-12-14-34-15-13-29)21(16-18)27-24(31)17-35-25-28-20-8-4-5-9-23(20)30(25)36(32,33)19-6-2-1-3-7-19/h1-11,16H,12-15,17H2,(H,27,31)/p+1. The van der Waals surface area contributed by atoms with Crippen molar-refractivity contribution < 1.29 is 21.9 Å². The summed E-state index contributed by atoms with van der Waals surface area (Å²) in [4.78, 5) is 18.4. The van der Waals surface area contributed by atoms with Crippen molar-refractivity contribution in [2.75, 3.05) is 42.3 Å². The van der Waals surface area contributed by atoms with E-state index in [-0.39, 0.29) is 16.6 Å². The predicted molar refractivity (Wildman–Crippen MR) is 141 cm³/mol. The zero-order valence-corrected chi connectivity index (χ0v) is 21.6. The molecule has 8 nitrogen and oxygen atoms in total. The Hall–Kier alpha value is -3.05. The molecule has 0 atom stereocenters. The van der Waals surface area contributed by atoms with Crippen LogP contribution in [0.2, 0.25) is 5.02 Å². The van der Waals surface area contributed by atoms with Gasteiger partial charge in [0.15, 0.2) is 11.0 Å². The average Bonchev–Trinajstić information content (AvgIpc) is 3.28. The van der Waals surface area contributed by atoms with Gasteiger partial charge in [0.25, 0.3) is 0 Å². The molecule has 186 valence electrons.